The lowest BCUT2D eigenvalue weighted by atomic mass is 9.85. The molecule has 5 nitrogen and oxygen atoms in total. The first-order valence-electron chi connectivity index (χ1n) is 9.01. The van der Waals surface area contributed by atoms with Gasteiger partial charge < -0.3 is 5.32 Å². The highest BCUT2D eigenvalue weighted by molar-refractivity contribution is 7.92. The van der Waals surface area contributed by atoms with Crippen LogP contribution in [0.3, 0.4) is 0 Å². The number of nitrogens with zero attached hydrogens (tertiary/aromatic N) is 1. The SMILES string of the molecule is O=C(NC[C@H]1C[C@@H](S(=O)(=O)c2cccc(C(F)(F)F)c2)C1)c1ccnc(C(F)(F)F)c1. The third-order valence-corrected chi connectivity index (χ3v) is 7.16. The second kappa shape index (κ2) is 8.13. The van der Waals surface area contributed by atoms with Gasteiger partial charge >= 0.3 is 12.4 Å². The van der Waals surface area contributed by atoms with Crippen LogP contribution >= 0.6 is 0 Å². The van der Waals surface area contributed by atoms with E-state index in [1.807, 2.05) is 0 Å². The highest BCUT2D eigenvalue weighted by Gasteiger charge is 2.41. The van der Waals surface area contributed by atoms with E-state index in [1.54, 1.807) is 0 Å². The van der Waals surface area contributed by atoms with E-state index in [0.29, 0.717) is 12.1 Å². The van der Waals surface area contributed by atoms with Crippen LogP contribution in [-0.2, 0) is 22.2 Å². The number of carbonyl (C=O) groups excluding carboxylic acids is 1. The van der Waals surface area contributed by atoms with E-state index in [4.69, 9.17) is 0 Å². The van der Waals surface area contributed by atoms with E-state index in [0.717, 1.165) is 30.5 Å². The minimum atomic E-state index is -4.70. The van der Waals surface area contributed by atoms with Gasteiger partial charge in [-0.3, -0.25) is 9.78 Å². The van der Waals surface area contributed by atoms with Crippen LogP contribution in [0.5, 0.6) is 0 Å². The predicted octanol–water partition coefficient (Wildman–Crippen LogP) is 4.10. The van der Waals surface area contributed by atoms with Crippen molar-refractivity contribution >= 4 is 15.7 Å². The van der Waals surface area contributed by atoms with Crippen molar-refractivity contribution in [2.24, 2.45) is 5.92 Å². The smallest absolute Gasteiger partial charge is 0.352 e. The van der Waals surface area contributed by atoms with E-state index in [-0.39, 0.29) is 30.9 Å². The fourth-order valence-corrected chi connectivity index (χ4v) is 5.20. The molecular formula is C19H16F6N2O3S. The molecule has 1 aromatic carbocycles. The predicted molar refractivity (Wildman–Crippen MR) is 96.7 cm³/mol. The summed E-state index contributed by atoms with van der Waals surface area (Å²) in [5, 5.41) is 1.55. The van der Waals surface area contributed by atoms with E-state index < -0.39 is 49.5 Å². The van der Waals surface area contributed by atoms with Crippen molar-refractivity contribution in [3.63, 3.8) is 0 Å². The molecule has 0 aliphatic heterocycles. The number of hydrogen-bond donors (Lipinski definition) is 1. The molecular weight excluding hydrogens is 450 g/mol. The van der Waals surface area contributed by atoms with E-state index >= 15 is 0 Å². The van der Waals surface area contributed by atoms with Crippen molar-refractivity contribution < 1.29 is 39.6 Å². The van der Waals surface area contributed by atoms with Gasteiger partial charge in [0.2, 0.25) is 0 Å². The molecule has 1 saturated carbocycles. The fraction of sp³-hybridized carbons (Fsp3) is 0.368. The summed E-state index contributed by atoms with van der Waals surface area (Å²) in [7, 11) is -3.98. The van der Waals surface area contributed by atoms with Crippen molar-refractivity contribution in [3.05, 3.63) is 59.4 Å². The number of aromatic nitrogens is 1. The number of pyridine rings is 1. The number of sulfone groups is 1. The summed E-state index contributed by atoms with van der Waals surface area (Å²) in [6.07, 6.45) is -8.28. The van der Waals surface area contributed by atoms with Crippen LogP contribution in [0.25, 0.3) is 0 Å². The molecule has 0 saturated heterocycles. The Morgan fingerprint density at radius 3 is 2.32 bits per heavy atom. The summed E-state index contributed by atoms with van der Waals surface area (Å²) < 4.78 is 102. The summed E-state index contributed by atoms with van der Waals surface area (Å²) in [5.74, 6) is -1.03. The standard InChI is InChI=1S/C19H16F6N2O3S/c20-18(21,22)13-2-1-3-14(9-13)31(29,30)15-6-11(7-15)10-27-17(28)12-4-5-26-16(8-12)19(23,24)25/h1-5,8-9,11,15H,6-7,10H2,(H,27,28)/t11-,15+. The molecule has 31 heavy (non-hydrogen) atoms. The molecule has 12 heteroatoms. The summed E-state index contributed by atoms with van der Waals surface area (Å²) >= 11 is 0. The molecule has 0 unspecified atom stereocenters. The third-order valence-electron chi connectivity index (χ3n) is 4.99. The number of alkyl halides is 6. The lowest BCUT2D eigenvalue weighted by Crippen LogP contribution is -2.42. The summed E-state index contributed by atoms with van der Waals surface area (Å²) in [5.41, 5.74) is -2.52. The van der Waals surface area contributed by atoms with E-state index in [2.05, 4.69) is 10.3 Å². The molecule has 1 heterocycles. The van der Waals surface area contributed by atoms with Crippen molar-refractivity contribution in [1.82, 2.24) is 10.3 Å². The Morgan fingerprint density at radius 1 is 1.03 bits per heavy atom. The monoisotopic (exact) mass is 466 g/mol. The molecule has 1 amide bonds. The highest BCUT2D eigenvalue weighted by Crippen LogP contribution is 2.38. The molecule has 0 radical (unpaired) electrons. The first kappa shape index (κ1) is 23.0. The van der Waals surface area contributed by atoms with Crippen LogP contribution in [0, 0.1) is 5.92 Å². The van der Waals surface area contributed by atoms with Crippen molar-refractivity contribution in [1.29, 1.82) is 0 Å². The van der Waals surface area contributed by atoms with Gasteiger partial charge in [-0.25, -0.2) is 8.42 Å². The Balaban J connectivity index is 1.58. The lowest BCUT2D eigenvalue weighted by molar-refractivity contribution is -0.141. The Morgan fingerprint density at radius 2 is 1.71 bits per heavy atom. The highest BCUT2D eigenvalue weighted by atomic mass is 32.2. The molecule has 168 valence electrons. The molecule has 0 spiro atoms. The molecule has 1 aliphatic rings. The average molecular weight is 466 g/mol. The van der Waals surface area contributed by atoms with Gasteiger partial charge in [-0.05, 0) is 49.1 Å². The molecule has 3 rings (SSSR count). The Labute approximate surface area is 173 Å². The van der Waals surface area contributed by atoms with Crippen LogP contribution in [-0.4, -0.2) is 31.1 Å². The maximum atomic E-state index is 12.8. The van der Waals surface area contributed by atoms with Gasteiger partial charge in [0, 0.05) is 18.3 Å². The molecule has 1 fully saturated rings. The zero-order valence-electron chi connectivity index (χ0n) is 15.7. The molecule has 2 aromatic rings. The quantitative estimate of drug-likeness (QED) is 0.674. The second-order valence-corrected chi connectivity index (χ2v) is 9.40. The van der Waals surface area contributed by atoms with Gasteiger partial charge in [-0.2, -0.15) is 26.3 Å². The van der Waals surface area contributed by atoms with Gasteiger partial charge in [0.15, 0.2) is 9.84 Å². The number of hydrogen-bond acceptors (Lipinski definition) is 4. The van der Waals surface area contributed by atoms with Gasteiger partial charge in [0.1, 0.15) is 5.69 Å². The van der Waals surface area contributed by atoms with Crippen molar-refractivity contribution in [2.45, 2.75) is 35.3 Å². The Hall–Kier alpha value is -2.63. The van der Waals surface area contributed by atoms with Gasteiger partial charge in [-0.1, -0.05) is 6.07 Å². The van der Waals surface area contributed by atoms with E-state index in [9.17, 15) is 39.6 Å². The largest absolute Gasteiger partial charge is 0.433 e. The number of nitrogens with one attached hydrogen (secondary N) is 1. The van der Waals surface area contributed by atoms with Gasteiger partial charge in [0.05, 0.1) is 15.7 Å². The zero-order valence-corrected chi connectivity index (χ0v) is 16.5. The lowest BCUT2D eigenvalue weighted by Gasteiger charge is -2.35. The van der Waals surface area contributed by atoms with Crippen LogP contribution in [0.1, 0.15) is 34.5 Å². The maximum Gasteiger partial charge on any atom is 0.433 e. The first-order chi connectivity index (χ1) is 14.3. The first-order valence-corrected chi connectivity index (χ1v) is 10.6. The summed E-state index contributed by atoms with van der Waals surface area (Å²) in [6.45, 7) is 0.0249. The number of carbonyl (C=O) groups is 1. The minimum Gasteiger partial charge on any atom is -0.352 e. The van der Waals surface area contributed by atoms with E-state index in [1.165, 1.54) is 0 Å². The van der Waals surface area contributed by atoms with Gasteiger partial charge in [0.25, 0.3) is 5.91 Å². The maximum absolute atomic E-state index is 12.8. The van der Waals surface area contributed by atoms with Crippen LogP contribution in [0.4, 0.5) is 26.3 Å². The average Bonchev–Trinajstić information content (AvgIpc) is 2.65. The normalized spacial score (nSPS) is 19.5. The second-order valence-electron chi connectivity index (χ2n) is 7.17. The molecule has 0 bridgehead atoms. The minimum absolute atomic E-state index is 0.0249. The topological polar surface area (TPSA) is 76.1 Å². The van der Waals surface area contributed by atoms with Gasteiger partial charge in [-0.15, -0.1) is 0 Å². The van der Waals surface area contributed by atoms with Crippen LogP contribution < -0.4 is 5.32 Å². The van der Waals surface area contributed by atoms with Crippen molar-refractivity contribution in [3.8, 4) is 0 Å². The molecule has 1 N–H and O–H groups in total. The number of rotatable bonds is 5. The molecule has 1 aromatic heterocycles. The Bertz CT molecular complexity index is 1080. The molecule has 0 atom stereocenters. The third kappa shape index (κ3) is 5.17. The number of halogens is 6. The zero-order chi connectivity index (χ0) is 23.0. The summed E-state index contributed by atoms with van der Waals surface area (Å²) in [4.78, 5) is 14.8. The fourth-order valence-electron chi connectivity index (χ4n) is 3.20. The van der Waals surface area contributed by atoms with Crippen LogP contribution in [0.15, 0.2) is 47.5 Å². The van der Waals surface area contributed by atoms with Crippen molar-refractivity contribution in [2.75, 3.05) is 6.54 Å². The molecule has 1 aliphatic carbocycles. The summed E-state index contributed by atoms with van der Waals surface area (Å²) in [6, 6.07) is 5.22. The van der Waals surface area contributed by atoms with Crippen LogP contribution in [0.2, 0.25) is 0 Å². The number of benzene rings is 1. The number of amides is 1. The Kier molecular flexibility index (Phi) is 6.05.